The Morgan fingerprint density at radius 2 is 0.727 bits per heavy atom. The fourth-order valence-corrected chi connectivity index (χ4v) is 1.30. The SMILES string of the molecule is CCOS(=O)(=O)[O-].CCOS(=O)(=O)[O-].CCOS(=O)(=O)[O-].[Al+3]. The Bertz CT molecular complexity index is 455. The summed E-state index contributed by atoms with van der Waals surface area (Å²) in [7, 11) is -13.3. The van der Waals surface area contributed by atoms with Crippen molar-refractivity contribution in [2.45, 2.75) is 20.8 Å². The van der Waals surface area contributed by atoms with Gasteiger partial charge in [-0.25, -0.2) is 25.3 Å². The Balaban J connectivity index is -0.000000108. The van der Waals surface area contributed by atoms with Crippen molar-refractivity contribution in [3.05, 3.63) is 0 Å². The fraction of sp³-hybridized carbons (Fsp3) is 1.00. The molecule has 132 valence electrons. The molecule has 0 heterocycles. The minimum absolute atomic E-state index is 0. The molecule has 0 rings (SSSR count). The molecule has 0 radical (unpaired) electrons. The van der Waals surface area contributed by atoms with Crippen LogP contribution in [0.2, 0.25) is 0 Å². The van der Waals surface area contributed by atoms with Gasteiger partial charge in [-0.1, -0.05) is 0 Å². The van der Waals surface area contributed by atoms with E-state index in [1.807, 2.05) is 0 Å². The average Bonchev–Trinajstić information content (AvgIpc) is 2.12. The van der Waals surface area contributed by atoms with Crippen LogP contribution in [0.5, 0.6) is 0 Å². The summed E-state index contributed by atoms with van der Waals surface area (Å²) in [6, 6.07) is 0. The van der Waals surface area contributed by atoms with Gasteiger partial charge >= 0.3 is 17.4 Å². The third-order valence-corrected chi connectivity index (χ3v) is 2.36. The molecule has 16 heteroatoms. The van der Waals surface area contributed by atoms with Crippen LogP contribution < -0.4 is 0 Å². The molecular weight excluding hydrogens is 387 g/mol. The van der Waals surface area contributed by atoms with Crippen LogP contribution in [0.4, 0.5) is 0 Å². The van der Waals surface area contributed by atoms with Crippen molar-refractivity contribution in [1.82, 2.24) is 0 Å². The van der Waals surface area contributed by atoms with Gasteiger partial charge in [-0.3, -0.25) is 12.5 Å². The summed E-state index contributed by atoms with van der Waals surface area (Å²) in [5.74, 6) is 0. The molecule has 0 aromatic heterocycles. The molecule has 0 aliphatic carbocycles. The molecule has 0 aliphatic rings. The van der Waals surface area contributed by atoms with E-state index in [1.165, 1.54) is 20.8 Å². The van der Waals surface area contributed by atoms with E-state index in [4.69, 9.17) is 0 Å². The zero-order chi connectivity index (χ0) is 17.7. The van der Waals surface area contributed by atoms with Crippen molar-refractivity contribution in [3.63, 3.8) is 0 Å². The van der Waals surface area contributed by atoms with Gasteiger partial charge in [-0.05, 0) is 20.8 Å². The second-order valence-electron chi connectivity index (χ2n) is 2.44. The van der Waals surface area contributed by atoms with Crippen molar-refractivity contribution in [2.24, 2.45) is 0 Å². The average molecular weight is 402 g/mol. The maximum absolute atomic E-state index is 9.45. The number of rotatable bonds is 6. The standard InChI is InChI=1S/3C2H6O4S.Al/c3*1-2-6-7(3,4)5;/h3*2H2,1H3,(H,3,4,5);/q;;;+3/p-3. The first-order valence-electron chi connectivity index (χ1n) is 4.99. The van der Waals surface area contributed by atoms with Gasteiger partial charge in [0.25, 0.3) is 0 Å². The Labute approximate surface area is 140 Å². The monoisotopic (exact) mass is 402 g/mol. The van der Waals surface area contributed by atoms with Crippen LogP contribution >= 0.6 is 0 Å². The Hall–Kier alpha value is 0.142. The molecule has 0 fully saturated rings. The van der Waals surface area contributed by atoms with Crippen LogP contribution in [0.3, 0.4) is 0 Å². The summed E-state index contributed by atoms with van der Waals surface area (Å²) < 4.78 is 96.0. The third kappa shape index (κ3) is 50.1. The molecular formula is C6H15AlO12S3. The quantitative estimate of drug-likeness (QED) is 0.271. The van der Waals surface area contributed by atoms with Crippen LogP contribution in [0.1, 0.15) is 20.8 Å². The maximum atomic E-state index is 9.45. The van der Waals surface area contributed by atoms with Crippen molar-refractivity contribution in [1.29, 1.82) is 0 Å². The molecule has 0 saturated heterocycles. The molecule has 0 amide bonds. The summed E-state index contributed by atoms with van der Waals surface area (Å²) in [5.41, 5.74) is 0. The van der Waals surface area contributed by atoms with Gasteiger partial charge in [0, 0.05) is 0 Å². The summed E-state index contributed by atoms with van der Waals surface area (Å²) in [4.78, 5) is 0. The first kappa shape index (κ1) is 30.1. The topological polar surface area (TPSA) is 199 Å². The van der Waals surface area contributed by atoms with Crippen molar-refractivity contribution >= 4 is 48.6 Å². The van der Waals surface area contributed by atoms with E-state index in [0.717, 1.165) is 0 Å². The Morgan fingerprint density at radius 3 is 0.727 bits per heavy atom. The Morgan fingerprint density at radius 1 is 0.591 bits per heavy atom. The van der Waals surface area contributed by atoms with Gasteiger partial charge in [-0.2, -0.15) is 0 Å². The van der Waals surface area contributed by atoms with Crippen molar-refractivity contribution < 1.29 is 51.5 Å². The van der Waals surface area contributed by atoms with Gasteiger partial charge in [0.05, 0.1) is 19.8 Å². The van der Waals surface area contributed by atoms with Gasteiger partial charge in [0.2, 0.25) is 31.2 Å². The molecule has 0 unspecified atom stereocenters. The predicted octanol–water partition coefficient (Wildman–Crippen LogP) is -1.93. The fourth-order valence-electron chi connectivity index (χ4n) is 0.433. The van der Waals surface area contributed by atoms with E-state index < -0.39 is 31.2 Å². The van der Waals surface area contributed by atoms with Crippen LogP contribution in [0, 0.1) is 0 Å². The van der Waals surface area contributed by atoms with Gasteiger partial charge in [0.1, 0.15) is 0 Å². The first-order chi connectivity index (χ1) is 9.18. The van der Waals surface area contributed by atoms with E-state index in [9.17, 15) is 38.9 Å². The summed E-state index contributed by atoms with van der Waals surface area (Å²) in [6.07, 6.45) is 0. The first-order valence-corrected chi connectivity index (χ1v) is 8.99. The van der Waals surface area contributed by atoms with E-state index in [2.05, 4.69) is 12.5 Å². The van der Waals surface area contributed by atoms with Gasteiger partial charge in [0.15, 0.2) is 0 Å². The van der Waals surface area contributed by atoms with Crippen LogP contribution in [-0.4, -0.2) is 76.1 Å². The molecule has 0 spiro atoms. The van der Waals surface area contributed by atoms with E-state index >= 15 is 0 Å². The molecule has 0 N–H and O–H groups in total. The Kier molecular flexibility index (Phi) is 20.1. The molecule has 0 aromatic rings. The number of hydrogen-bond donors (Lipinski definition) is 0. The molecule has 0 aromatic carbocycles. The third-order valence-electron chi connectivity index (χ3n) is 0.787. The molecule has 12 nitrogen and oxygen atoms in total. The summed E-state index contributed by atoms with van der Waals surface area (Å²) >= 11 is 0. The summed E-state index contributed by atoms with van der Waals surface area (Å²) in [5, 5.41) is 0. The largest absolute Gasteiger partial charge is 3.00 e. The second-order valence-corrected chi connectivity index (χ2v) is 5.60. The van der Waals surface area contributed by atoms with Gasteiger partial charge < -0.3 is 13.7 Å². The number of hydrogen-bond acceptors (Lipinski definition) is 12. The molecule has 22 heavy (non-hydrogen) atoms. The molecule has 0 atom stereocenters. The van der Waals surface area contributed by atoms with Gasteiger partial charge in [-0.15, -0.1) is 0 Å². The molecule has 0 saturated carbocycles. The van der Waals surface area contributed by atoms with E-state index in [1.54, 1.807) is 0 Å². The maximum Gasteiger partial charge on any atom is 3.00 e. The zero-order valence-corrected chi connectivity index (χ0v) is 15.4. The normalized spacial score (nSPS) is 11.2. The van der Waals surface area contributed by atoms with E-state index in [-0.39, 0.29) is 37.2 Å². The van der Waals surface area contributed by atoms with Crippen LogP contribution in [0.15, 0.2) is 0 Å². The van der Waals surface area contributed by atoms with Crippen LogP contribution in [-0.2, 0) is 43.7 Å². The summed E-state index contributed by atoms with van der Waals surface area (Å²) in [6.45, 7) is 4.00. The minimum Gasteiger partial charge on any atom is -0.726 e. The minimum atomic E-state index is -4.42. The van der Waals surface area contributed by atoms with Crippen molar-refractivity contribution in [2.75, 3.05) is 19.8 Å². The molecule has 0 aliphatic heterocycles. The van der Waals surface area contributed by atoms with Crippen LogP contribution in [0.25, 0.3) is 0 Å². The zero-order valence-electron chi connectivity index (χ0n) is 11.8. The smallest absolute Gasteiger partial charge is 0.726 e. The second kappa shape index (κ2) is 14.7. The predicted molar refractivity (Wildman–Crippen MR) is 69.7 cm³/mol. The molecule has 0 bridgehead atoms. The van der Waals surface area contributed by atoms with E-state index in [0.29, 0.717) is 0 Å². The van der Waals surface area contributed by atoms with Crippen molar-refractivity contribution in [3.8, 4) is 0 Å².